The van der Waals surface area contributed by atoms with Crippen molar-refractivity contribution in [2.24, 2.45) is 17.1 Å². The molecule has 3 atom stereocenters. The molecule has 3 aliphatic rings. The maximum Gasteiger partial charge on any atom is 0.245 e. The van der Waals surface area contributed by atoms with Gasteiger partial charge in [-0.15, -0.1) is 0 Å². The van der Waals surface area contributed by atoms with Crippen molar-refractivity contribution in [1.82, 2.24) is 15.1 Å². The predicted molar refractivity (Wildman–Crippen MR) is 138 cm³/mol. The predicted octanol–water partition coefficient (Wildman–Crippen LogP) is 2.42. The molecule has 1 aromatic rings. The Bertz CT molecular complexity index is 989. The number of nitrogens with zero attached hydrogens (tertiary/aromatic N) is 2. The molecule has 3 aliphatic heterocycles. The molecule has 4 rings (SSSR count). The van der Waals surface area contributed by atoms with Gasteiger partial charge in [0.15, 0.2) is 0 Å². The lowest BCUT2D eigenvalue weighted by atomic mass is 9.69. The first-order chi connectivity index (χ1) is 17.5. The molecule has 3 amide bonds. The second-order valence-electron chi connectivity index (χ2n) is 11.7. The molecule has 3 fully saturated rings. The van der Waals surface area contributed by atoms with Crippen molar-refractivity contribution in [1.29, 1.82) is 0 Å². The van der Waals surface area contributed by atoms with E-state index in [0.29, 0.717) is 38.3 Å². The molecular formula is C28H41FN4O4. The molecule has 3 unspecified atom stereocenters. The van der Waals surface area contributed by atoms with Gasteiger partial charge in [0.1, 0.15) is 11.9 Å². The van der Waals surface area contributed by atoms with Gasteiger partial charge in [-0.25, -0.2) is 4.39 Å². The lowest BCUT2D eigenvalue weighted by molar-refractivity contribution is -0.146. The Labute approximate surface area is 219 Å². The number of halogens is 1. The minimum Gasteiger partial charge on any atom is -0.381 e. The van der Waals surface area contributed by atoms with Crippen LogP contribution in [0.3, 0.4) is 0 Å². The number of piperidine rings is 1. The van der Waals surface area contributed by atoms with Crippen LogP contribution < -0.4 is 11.1 Å². The largest absolute Gasteiger partial charge is 0.381 e. The number of nitrogens with two attached hydrogens (primary N) is 1. The molecule has 9 heteroatoms. The zero-order valence-electron chi connectivity index (χ0n) is 22.3. The number of likely N-dealkylation sites (tertiary alicyclic amines) is 2. The highest BCUT2D eigenvalue weighted by Crippen LogP contribution is 2.49. The Balaban J connectivity index is 1.55. The number of hydrogen-bond acceptors (Lipinski definition) is 5. The molecule has 3 saturated heterocycles. The Kier molecular flexibility index (Phi) is 8.23. The van der Waals surface area contributed by atoms with Crippen molar-refractivity contribution < 1.29 is 23.5 Å². The van der Waals surface area contributed by atoms with Crippen LogP contribution in [0, 0.1) is 17.2 Å². The molecule has 3 heterocycles. The van der Waals surface area contributed by atoms with E-state index >= 15 is 0 Å². The fourth-order valence-electron chi connectivity index (χ4n) is 6.17. The molecule has 0 radical (unpaired) electrons. The van der Waals surface area contributed by atoms with Gasteiger partial charge in [0.05, 0.1) is 11.0 Å². The van der Waals surface area contributed by atoms with Gasteiger partial charge < -0.3 is 25.6 Å². The summed E-state index contributed by atoms with van der Waals surface area (Å²) >= 11 is 0. The summed E-state index contributed by atoms with van der Waals surface area (Å²) in [5, 5.41) is 2.92. The summed E-state index contributed by atoms with van der Waals surface area (Å²) in [4.78, 5) is 43.7. The Morgan fingerprint density at radius 2 is 1.92 bits per heavy atom. The van der Waals surface area contributed by atoms with Crippen LogP contribution in [0.2, 0.25) is 0 Å². The van der Waals surface area contributed by atoms with Crippen LogP contribution in [0.25, 0.3) is 0 Å². The Hall–Kier alpha value is -2.52. The minimum absolute atomic E-state index is 0.0187. The van der Waals surface area contributed by atoms with Crippen LogP contribution in [0.1, 0.15) is 63.9 Å². The van der Waals surface area contributed by atoms with Crippen LogP contribution in [0.5, 0.6) is 0 Å². The summed E-state index contributed by atoms with van der Waals surface area (Å²) in [5.74, 6) is -0.520. The first-order valence-electron chi connectivity index (χ1n) is 13.5. The highest BCUT2D eigenvalue weighted by molar-refractivity contribution is 5.92. The normalized spacial score (nSPS) is 26.0. The maximum absolute atomic E-state index is 13.9. The number of carbonyl (C=O) groups excluding carboxylic acids is 3. The van der Waals surface area contributed by atoms with Crippen LogP contribution in [-0.2, 0) is 19.1 Å². The topological polar surface area (TPSA) is 105 Å². The lowest BCUT2D eigenvalue weighted by Gasteiger charge is -2.43. The van der Waals surface area contributed by atoms with E-state index in [2.05, 4.69) is 5.32 Å². The van der Waals surface area contributed by atoms with Gasteiger partial charge in [-0.1, -0.05) is 12.1 Å². The second kappa shape index (κ2) is 11.1. The van der Waals surface area contributed by atoms with E-state index in [1.807, 2.05) is 0 Å². The standard InChI is InChI=1S/C28H41FN4O4/c1-27(2,30)25(35)31-23(10-5-19-11-15-37-16-12-19)24(34)33-14-4-13-28(18-33)22(17-32(3)26(28)36)20-6-8-21(29)9-7-20/h6-9,19,22-23H,4-5,10-18,30H2,1-3H3,(H,31,35). The Morgan fingerprint density at radius 3 is 2.57 bits per heavy atom. The number of likely N-dealkylation sites (N-methyl/N-ethyl adjacent to an activating group) is 1. The molecular weight excluding hydrogens is 475 g/mol. The van der Waals surface area contributed by atoms with E-state index < -0.39 is 17.0 Å². The zero-order valence-corrected chi connectivity index (χ0v) is 22.3. The summed E-state index contributed by atoms with van der Waals surface area (Å²) in [6.45, 7) is 6.03. The van der Waals surface area contributed by atoms with Gasteiger partial charge in [0.25, 0.3) is 0 Å². The molecule has 204 valence electrons. The van der Waals surface area contributed by atoms with E-state index in [1.165, 1.54) is 12.1 Å². The molecule has 3 N–H and O–H groups in total. The Morgan fingerprint density at radius 1 is 1.24 bits per heavy atom. The minimum atomic E-state index is -1.11. The van der Waals surface area contributed by atoms with E-state index in [0.717, 1.165) is 38.0 Å². The third kappa shape index (κ3) is 5.98. The van der Waals surface area contributed by atoms with Crippen LogP contribution in [-0.4, -0.2) is 79.0 Å². The highest BCUT2D eigenvalue weighted by Gasteiger charge is 2.55. The van der Waals surface area contributed by atoms with E-state index in [1.54, 1.807) is 42.8 Å². The van der Waals surface area contributed by atoms with Gasteiger partial charge in [0, 0.05) is 45.8 Å². The molecule has 0 aliphatic carbocycles. The fraction of sp³-hybridized carbons (Fsp3) is 0.679. The number of amides is 3. The van der Waals surface area contributed by atoms with E-state index in [4.69, 9.17) is 10.5 Å². The van der Waals surface area contributed by atoms with Crippen LogP contribution in [0.4, 0.5) is 4.39 Å². The summed E-state index contributed by atoms with van der Waals surface area (Å²) in [6.07, 6.45) is 4.57. The quantitative estimate of drug-likeness (QED) is 0.579. The third-order valence-electron chi connectivity index (χ3n) is 8.40. The SMILES string of the molecule is CN1CC(c2ccc(F)cc2)C2(CCCN(C(=O)C(CCC3CCOCC3)NC(=O)C(C)(C)N)C2)C1=O. The van der Waals surface area contributed by atoms with Crippen molar-refractivity contribution in [2.75, 3.05) is 39.9 Å². The van der Waals surface area contributed by atoms with E-state index in [9.17, 15) is 18.8 Å². The first kappa shape index (κ1) is 27.5. The lowest BCUT2D eigenvalue weighted by Crippen LogP contribution is -2.59. The average Bonchev–Trinajstić information content (AvgIpc) is 3.11. The number of rotatable bonds is 7. The van der Waals surface area contributed by atoms with Gasteiger partial charge in [-0.05, 0) is 76.0 Å². The second-order valence-corrected chi connectivity index (χ2v) is 11.7. The fourth-order valence-corrected chi connectivity index (χ4v) is 6.17. The van der Waals surface area contributed by atoms with Crippen molar-refractivity contribution >= 4 is 17.7 Å². The molecule has 37 heavy (non-hydrogen) atoms. The van der Waals surface area contributed by atoms with Gasteiger partial charge in [-0.2, -0.15) is 0 Å². The van der Waals surface area contributed by atoms with Crippen molar-refractivity contribution in [3.05, 3.63) is 35.6 Å². The summed E-state index contributed by atoms with van der Waals surface area (Å²) in [7, 11) is 1.79. The van der Waals surface area contributed by atoms with Crippen LogP contribution in [0.15, 0.2) is 24.3 Å². The average molecular weight is 517 g/mol. The third-order valence-corrected chi connectivity index (χ3v) is 8.40. The van der Waals surface area contributed by atoms with Gasteiger partial charge in [0.2, 0.25) is 17.7 Å². The number of benzene rings is 1. The molecule has 0 saturated carbocycles. The number of ether oxygens (including phenoxy) is 1. The number of carbonyl (C=O) groups is 3. The summed E-state index contributed by atoms with van der Waals surface area (Å²) < 4.78 is 19.1. The maximum atomic E-state index is 13.9. The molecule has 0 aromatic heterocycles. The number of nitrogens with one attached hydrogen (secondary N) is 1. The summed E-state index contributed by atoms with van der Waals surface area (Å²) in [5.41, 5.74) is 5.07. The first-order valence-corrected chi connectivity index (χ1v) is 13.5. The highest BCUT2D eigenvalue weighted by atomic mass is 19.1. The van der Waals surface area contributed by atoms with Crippen LogP contribution >= 0.6 is 0 Å². The summed E-state index contributed by atoms with van der Waals surface area (Å²) in [6, 6.07) is 5.64. The monoisotopic (exact) mass is 516 g/mol. The molecule has 0 bridgehead atoms. The molecule has 1 aromatic carbocycles. The van der Waals surface area contributed by atoms with Gasteiger partial charge >= 0.3 is 0 Å². The smallest absolute Gasteiger partial charge is 0.245 e. The van der Waals surface area contributed by atoms with Crippen molar-refractivity contribution in [3.63, 3.8) is 0 Å². The van der Waals surface area contributed by atoms with E-state index in [-0.39, 0.29) is 36.0 Å². The van der Waals surface area contributed by atoms with Crippen molar-refractivity contribution in [3.8, 4) is 0 Å². The molecule has 8 nitrogen and oxygen atoms in total. The number of hydrogen-bond donors (Lipinski definition) is 2. The van der Waals surface area contributed by atoms with Crippen molar-refractivity contribution in [2.45, 2.75) is 69.9 Å². The molecule has 1 spiro atoms. The van der Waals surface area contributed by atoms with Gasteiger partial charge in [-0.3, -0.25) is 14.4 Å². The zero-order chi connectivity index (χ0) is 26.8.